The highest BCUT2D eigenvalue weighted by Crippen LogP contribution is 2.47. The SMILES string of the molecule is COc1cc(C(CC(=O)O)C2CC2)c(S(C)(=O)=O)cc1C. The second kappa shape index (κ2) is 5.67. The molecule has 1 aliphatic carbocycles. The third-order valence-corrected chi connectivity index (χ3v) is 5.06. The molecule has 21 heavy (non-hydrogen) atoms. The van der Waals surface area contributed by atoms with E-state index in [9.17, 15) is 13.2 Å². The van der Waals surface area contributed by atoms with Gasteiger partial charge in [-0.05, 0) is 54.9 Å². The minimum absolute atomic E-state index is 0.0561. The highest BCUT2D eigenvalue weighted by molar-refractivity contribution is 7.90. The maximum atomic E-state index is 12.1. The Morgan fingerprint density at radius 1 is 1.43 bits per heavy atom. The van der Waals surface area contributed by atoms with Crippen molar-refractivity contribution >= 4 is 15.8 Å². The summed E-state index contributed by atoms with van der Waals surface area (Å²) >= 11 is 0. The number of hydrogen-bond donors (Lipinski definition) is 1. The molecule has 0 aromatic heterocycles. The zero-order chi connectivity index (χ0) is 15.8. The molecule has 1 fully saturated rings. The van der Waals surface area contributed by atoms with Crippen LogP contribution in [0.25, 0.3) is 0 Å². The second-order valence-electron chi connectivity index (χ2n) is 5.67. The Morgan fingerprint density at radius 3 is 2.48 bits per heavy atom. The number of aliphatic carboxylic acids is 1. The van der Waals surface area contributed by atoms with Crippen molar-refractivity contribution in [2.24, 2.45) is 5.92 Å². The second-order valence-corrected chi connectivity index (χ2v) is 7.66. The summed E-state index contributed by atoms with van der Waals surface area (Å²) in [4.78, 5) is 11.3. The Hall–Kier alpha value is -1.56. The Kier molecular flexibility index (Phi) is 4.27. The fraction of sp³-hybridized carbons (Fsp3) is 0.533. The molecule has 1 N–H and O–H groups in total. The lowest BCUT2D eigenvalue weighted by Gasteiger charge is -2.20. The van der Waals surface area contributed by atoms with Gasteiger partial charge in [-0.15, -0.1) is 0 Å². The van der Waals surface area contributed by atoms with E-state index in [-0.39, 0.29) is 23.2 Å². The van der Waals surface area contributed by atoms with Crippen LogP contribution in [0.1, 0.15) is 36.3 Å². The topological polar surface area (TPSA) is 80.7 Å². The van der Waals surface area contributed by atoms with Crippen molar-refractivity contribution in [3.8, 4) is 5.75 Å². The predicted molar refractivity (Wildman–Crippen MR) is 78.6 cm³/mol. The van der Waals surface area contributed by atoms with Crippen LogP contribution in [-0.4, -0.2) is 32.9 Å². The average molecular weight is 312 g/mol. The third kappa shape index (κ3) is 3.56. The van der Waals surface area contributed by atoms with Crippen LogP contribution in [0, 0.1) is 12.8 Å². The van der Waals surface area contributed by atoms with Crippen molar-refractivity contribution in [1.82, 2.24) is 0 Å². The summed E-state index contributed by atoms with van der Waals surface area (Å²) in [5, 5.41) is 9.12. The molecule has 116 valence electrons. The summed E-state index contributed by atoms with van der Waals surface area (Å²) in [6, 6.07) is 3.28. The van der Waals surface area contributed by atoms with Gasteiger partial charge in [-0.1, -0.05) is 0 Å². The van der Waals surface area contributed by atoms with E-state index >= 15 is 0 Å². The Balaban J connectivity index is 2.60. The molecule has 0 radical (unpaired) electrons. The van der Waals surface area contributed by atoms with Gasteiger partial charge in [0.2, 0.25) is 0 Å². The first-order valence-electron chi connectivity index (χ1n) is 6.84. The highest BCUT2D eigenvalue weighted by atomic mass is 32.2. The number of carboxylic acid groups (broad SMARTS) is 1. The molecule has 1 aromatic rings. The minimum Gasteiger partial charge on any atom is -0.496 e. The molecule has 0 bridgehead atoms. The fourth-order valence-electron chi connectivity index (χ4n) is 2.73. The summed E-state index contributed by atoms with van der Waals surface area (Å²) in [5.41, 5.74) is 1.30. The molecule has 0 heterocycles. The summed E-state index contributed by atoms with van der Waals surface area (Å²) in [6.07, 6.45) is 2.98. The maximum absolute atomic E-state index is 12.1. The minimum atomic E-state index is -3.42. The Labute approximate surface area is 124 Å². The number of hydrogen-bond acceptors (Lipinski definition) is 4. The van der Waals surface area contributed by atoms with E-state index in [1.54, 1.807) is 19.1 Å². The lowest BCUT2D eigenvalue weighted by molar-refractivity contribution is -0.137. The van der Waals surface area contributed by atoms with Gasteiger partial charge in [0.1, 0.15) is 5.75 Å². The van der Waals surface area contributed by atoms with Crippen molar-refractivity contribution in [1.29, 1.82) is 0 Å². The molecule has 0 spiro atoms. The summed E-state index contributed by atoms with van der Waals surface area (Å²) in [7, 11) is -1.89. The van der Waals surface area contributed by atoms with Crippen LogP contribution in [-0.2, 0) is 14.6 Å². The van der Waals surface area contributed by atoms with Crippen molar-refractivity contribution in [3.63, 3.8) is 0 Å². The molecular formula is C15H20O5S. The van der Waals surface area contributed by atoms with E-state index in [0.29, 0.717) is 11.3 Å². The first-order chi connectivity index (χ1) is 9.74. The van der Waals surface area contributed by atoms with Gasteiger partial charge < -0.3 is 9.84 Å². The lowest BCUT2D eigenvalue weighted by atomic mass is 9.90. The van der Waals surface area contributed by atoms with Gasteiger partial charge in [-0.2, -0.15) is 0 Å². The summed E-state index contributed by atoms with van der Waals surface area (Å²) < 4.78 is 29.4. The van der Waals surface area contributed by atoms with Gasteiger partial charge >= 0.3 is 5.97 Å². The zero-order valence-electron chi connectivity index (χ0n) is 12.4. The van der Waals surface area contributed by atoms with Crippen molar-refractivity contribution < 1.29 is 23.1 Å². The quantitative estimate of drug-likeness (QED) is 0.872. The predicted octanol–water partition coefficient (Wildman–Crippen LogP) is 2.38. The maximum Gasteiger partial charge on any atom is 0.303 e. The van der Waals surface area contributed by atoms with Gasteiger partial charge in [0.25, 0.3) is 0 Å². The number of aryl methyl sites for hydroxylation is 1. The van der Waals surface area contributed by atoms with E-state index in [2.05, 4.69) is 0 Å². The van der Waals surface area contributed by atoms with Gasteiger partial charge in [0, 0.05) is 6.26 Å². The molecule has 1 atom stereocenters. The van der Waals surface area contributed by atoms with Crippen LogP contribution in [0.4, 0.5) is 0 Å². The Morgan fingerprint density at radius 2 is 2.05 bits per heavy atom. The van der Waals surface area contributed by atoms with Crippen molar-refractivity contribution in [2.45, 2.75) is 37.0 Å². The number of benzene rings is 1. The van der Waals surface area contributed by atoms with E-state index in [4.69, 9.17) is 9.84 Å². The van der Waals surface area contributed by atoms with Gasteiger partial charge in [-0.3, -0.25) is 4.79 Å². The van der Waals surface area contributed by atoms with E-state index in [1.807, 2.05) is 0 Å². The lowest BCUT2D eigenvalue weighted by Crippen LogP contribution is -2.13. The zero-order valence-corrected chi connectivity index (χ0v) is 13.2. The molecule has 1 unspecified atom stereocenters. The van der Waals surface area contributed by atoms with Gasteiger partial charge in [0.15, 0.2) is 9.84 Å². The molecule has 0 aliphatic heterocycles. The van der Waals surface area contributed by atoms with E-state index < -0.39 is 15.8 Å². The smallest absolute Gasteiger partial charge is 0.303 e. The van der Waals surface area contributed by atoms with Crippen LogP contribution in [0.2, 0.25) is 0 Å². The fourth-order valence-corrected chi connectivity index (χ4v) is 3.75. The number of carboxylic acids is 1. The monoisotopic (exact) mass is 312 g/mol. The van der Waals surface area contributed by atoms with Crippen molar-refractivity contribution in [3.05, 3.63) is 23.3 Å². The molecule has 6 heteroatoms. The average Bonchev–Trinajstić information content (AvgIpc) is 3.18. The largest absolute Gasteiger partial charge is 0.496 e. The Bertz CT molecular complexity index is 659. The molecule has 1 aliphatic rings. The van der Waals surface area contributed by atoms with Crippen LogP contribution in [0.5, 0.6) is 5.75 Å². The number of rotatable bonds is 6. The van der Waals surface area contributed by atoms with Gasteiger partial charge in [-0.25, -0.2) is 8.42 Å². The standard InChI is InChI=1S/C15H20O5S/c1-9-6-14(21(3,18)19)12(7-13(9)20-2)11(8-15(16)17)10-4-5-10/h6-7,10-11H,4-5,8H2,1-3H3,(H,16,17). The normalized spacial score (nSPS) is 16.5. The number of carbonyl (C=O) groups is 1. The number of sulfone groups is 1. The van der Waals surface area contributed by atoms with E-state index in [0.717, 1.165) is 24.7 Å². The molecule has 1 saturated carbocycles. The number of methoxy groups -OCH3 is 1. The molecular weight excluding hydrogens is 292 g/mol. The first-order valence-corrected chi connectivity index (χ1v) is 8.73. The summed E-state index contributed by atoms with van der Waals surface area (Å²) in [6.45, 7) is 1.78. The molecule has 5 nitrogen and oxygen atoms in total. The highest BCUT2D eigenvalue weighted by Gasteiger charge is 2.36. The van der Waals surface area contributed by atoms with Crippen molar-refractivity contribution in [2.75, 3.05) is 13.4 Å². The third-order valence-electron chi connectivity index (χ3n) is 3.91. The molecule has 0 saturated heterocycles. The van der Waals surface area contributed by atoms with E-state index in [1.165, 1.54) is 7.11 Å². The first kappa shape index (κ1) is 15.8. The summed E-state index contributed by atoms with van der Waals surface area (Å²) in [5.74, 6) is -0.352. The van der Waals surface area contributed by atoms with Crippen LogP contribution in [0.3, 0.4) is 0 Å². The van der Waals surface area contributed by atoms with Crippen LogP contribution >= 0.6 is 0 Å². The van der Waals surface area contributed by atoms with Crippen LogP contribution in [0.15, 0.2) is 17.0 Å². The number of ether oxygens (including phenoxy) is 1. The molecule has 2 rings (SSSR count). The molecule has 0 amide bonds. The molecule has 1 aromatic carbocycles. The van der Waals surface area contributed by atoms with Gasteiger partial charge in [0.05, 0.1) is 18.4 Å². The van der Waals surface area contributed by atoms with Crippen LogP contribution < -0.4 is 4.74 Å².